The van der Waals surface area contributed by atoms with Crippen LogP contribution in [0.3, 0.4) is 0 Å². The van der Waals surface area contributed by atoms with E-state index < -0.39 is 11.9 Å². The van der Waals surface area contributed by atoms with E-state index in [0.29, 0.717) is 12.3 Å². The summed E-state index contributed by atoms with van der Waals surface area (Å²) >= 11 is 0. The number of carbonyl (C=O) groups is 1. The molecule has 1 aliphatic heterocycles. The van der Waals surface area contributed by atoms with Crippen LogP contribution >= 0.6 is 0 Å². The number of carboxylic acids is 1. The maximum absolute atomic E-state index is 11.1. The lowest BCUT2D eigenvalue weighted by Gasteiger charge is -2.21. The molecule has 0 amide bonds. The van der Waals surface area contributed by atoms with Gasteiger partial charge >= 0.3 is 5.97 Å². The highest BCUT2D eigenvalue weighted by atomic mass is 16.5. The van der Waals surface area contributed by atoms with Gasteiger partial charge in [-0.25, -0.2) is 0 Å². The average Bonchev–Trinajstić information content (AvgIpc) is 2.59. The molecular weight excluding hydrogens is 208 g/mol. The minimum atomic E-state index is -0.778. The lowest BCUT2D eigenvalue weighted by molar-refractivity contribution is -0.146. The van der Waals surface area contributed by atoms with E-state index in [4.69, 9.17) is 14.6 Å². The Morgan fingerprint density at radius 1 is 1.50 bits per heavy atom. The van der Waals surface area contributed by atoms with Gasteiger partial charge in [0.2, 0.25) is 0 Å². The van der Waals surface area contributed by atoms with E-state index >= 15 is 0 Å². The molecule has 1 rings (SSSR count). The predicted molar refractivity (Wildman–Crippen MR) is 60.3 cm³/mol. The Morgan fingerprint density at radius 2 is 2.12 bits per heavy atom. The molecule has 0 aliphatic carbocycles. The number of methoxy groups -OCH3 is 1. The van der Waals surface area contributed by atoms with Gasteiger partial charge in [0.15, 0.2) is 0 Å². The van der Waals surface area contributed by atoms with Crippen LogP contribution in [-0.2, 0) is 14.3 Å². The van der Waals surface area contributed by atoms with Crippen molar-refractivity contribution in [2.75, 3.05) is 7.11 Å². The van der Waals surface area contributed by atoms with E-state index in [9.17, 15) is 4.79 Å². The fraction of sp³-hybridized carbons (Fsp3) is 0.917. The van der Waals surface area contributed by atoms with E-state index in [1.807, 2.05) is 6.92 Å². The Bertz CT molecular complexity index is 239. The van der Waals surface area contributed by atoms with Crippen LogP contribution in [0.2, 0.25) is 0 Å². The first-order valence-electron chi connectivity index (χ1n) is 5.86. The van der Waals surface area contributed by atoms with Crippen LogP contribution in [0.4, 0.5) is 0 Å². The van der Waals surface area contributed by atoms with Gasteiger partial charge in [-0.2, -0.15) is 0 Å². The topological polar surface area (TPSA) is 55.8 Å². The molecule has 1 saturated heterocycles. The molecule has 0 aromatic carbocycles. The van der Waals surface area contributed by atoms with Crippen LogP contribution in [0.25, 0.3) is 0 Å². The largest absolute Gasteiger partial charge is 0.481 e. The number of ether oxygens (including phenoxy) is 2. The summed E-state index contributed by atoms with van der Waals surface area (Å²) in [5.41, 5.74) is 0. The Hall–Kier alpha value is -0.610. The molecular formula is C12H22O4. The Morgan fingerprint density at radius 3 is 2.56 bits per heavy atom. The standard InChI is InChI=1S/C12H22O4/c1-7(2)5-9-6-10(12(13)14)11(16-9)8(3)15-4/h7-11H,5-6H2,1-4H3,(H,13,14). The Kier molecular flexibility index (Phi) is 4.74. The van der Waals surface area contributed by atoms with Crippen LogP contribution in [0.5, 0.6) is 0 Å². The smallest absolute Gasteiger partial charge is 0.309 e. The summed E-state index contributed by atoms with van der Waals surface area (Å²) in [5.74, 6) is -0.685. The Labute approximate surface area is 96.9 Å². The monoisotopic (exact) mass is 230 g/mol. The van der Waals surface area contributed by atoms with Gasteiger partial charge in [0.1, 0.15) is 0 Å². The number of rotatable bonds is 5. The number of hydrogen-bond acceptors (Lipinski definition) is 3. The maximum Gasteiger partial charge on any atom is 0.309 e. The van der Waals surface area contributed by atoms with Gasteiger partial charge in [-0.1, -0.05) is 13.8 Å². The summed E-state index contributed by atoms with van der Waals surface area (Å²) in [7, 11) is 1.59. The van der Waals surface area contributed by atoms with E-state index in [1.54, 1.807) is 7.11 Å². The molecule has 1 aliphatic rings. The van der Waals surface area contributed by atoms with Crippen molar-refractivity contribution in [2.24, 2.45) is 11.8 Å². The highest BCUT2D eigenvalue weighted by molar-refractivity contribution is 5.71. The molecule has 1 heterocycles. The molecule has 16 heavy (non-hydrogen) atoms. The molecule has 1 N–H and O–H groups in total. The van der Waals surface area contributed by atoms with E-state index in [-0.39, 0.29) is 18.3 Å². The van der Waals surface area contributed by atoms with Crippen molar-refractivity contribution in [1.82, 2.24) is 0 Å². The second kappa shape index (κ2) is 5.64. The molecule has 0 aromatic rings. The number of carboxylic acid groups (broad SMARTS) is 1. The van der Waals surface area contributed by atoms with Crippen LogP contribution < -0.4 is 0 Å². The molecule has 0 bridgehead atoms. The second-order valence-corrected chi connectivity index (χ2v) is 4.97. The zero-order valence-electron chi connectivity index (χ0n) is 10.5. The minimum Gasteiger partial charge on any atom is -0.481 e. The Balaban J connectivity index is 2.64. The molecule has 4 nitrogen and oxygen atoms in total. The van der Waals surface area contributed by atoms with E-state index in [2.05, 4.69) is 13.8 Å². The third-order valence-electron chi connectivity index (χ3n) is 3.15. The SMILES string of the molecule is COC(C)C1OC(CC(C)C)CC1C(=O)O. The van der Waals surface area contributed by atoms with Crippen molar-refractivity contribution in [2.45, 2.75) is 51.9 Å². The van der Waals surface area contributed by atoms with Gasteiger partial charge in [-0.15, -0.1) is 0 Å². The van der Waals surface area contributed by atoms with Crippen LogP contribution in [0, 0.1) is 11.8 Å². The average molecular weight is 230 g/mol. The van der Waals surface area contributed by atoms with Gasteiger partial charge < -0.3 is 14.6 Å². The second-order valence-electron chi connectivity index (χ2n) is 4.97. The lowest BCUT2D eigenvalue weighted by Crippen LogP contribution is -2.34. The molecule has 0 saturated carbocycles. The first-order chi connectivity index (χ1) is 7.45. The number of hydrogen-bond donors (Lipinski definition) is 1. The third kappa shape index (κ3) is 3.19. The molecule has 4 atom stereocenters. The fourth-order valence-corrected chi connectivity index (χ4v) is 2.28. The van der Waals surface area contributed by atoms with Crippen molar-refractivity contribution in [3.63, 3.8) is 0 Å². The van der Waals surface area contributed by atoms with Crippen LogP contribution in [0.1, 0.15) is 33.6 Å². The summed E-state index contributed by atoms with van der Waals surface area (Å²) in [4.78, 5) is 11.1. The summed E-state index contributed by atoms with van der Waals surface area (Å²) < 4.78 is 11.0. The first-order valence-corrected chi connectivity index (χ1v) is 5.86. The maximum atomic E-state index is 11.1. The van der Waals surface area contributed by atoms with Crippen LogP contribution in [-0.4, -0.2) is 36.5 Å². The first kappa shape index (κ1) is 13.5. The van der Waals surface area contributed by atoms with Crippen molar-refractivity contribution >= 4 is 5.97 Å². The van der Waals surface area contributed by atoms with E-state index in [0.717, 1.165) is 6.42 Å². The zero-order chi connectivity index (χ0) is 12.3. The van der Waals surface area contributed by atoms with Crippen molar-refractivity contribution < 1.29 is 19.4 Å². The van der Waals surface area contributed by atoms with Gasteiger partial charge in [-0.05, 0) is 25.7 Å². The fourth-order valence-electron chi connectivity index (χ4n) is 2.28. The quantitative estimate of drug-likeness (QED) is 0.784. The van der Waals surface area contributed by atoms with Crippen LogP contribution in [0.15, 0.2) is 0 Å². The van der Waals surface area contributed by atoms with Crippen molar-refractivity contribution in [1.29, 1.82) is 0 Å². The number of aliphatic carboxylic acids is 1. The molecule has 0 spiro atoms. The van der Waals surface area contributed by atoms with Gasteiger partial charge in [0.05, 0.1) is 24.2 Å². The minimum absolute atomic E-state index is 0.0590. The summed E-state index contributed by atoms with van der Waals surface area (Å²) in [6.45, 7) is 6.09. The summed E-state index contributed by atoms with van der Waals surface area (Å²) in [6.07, 6.45) is 1.09. The van der Waals surface area contributed by atoms with Crippen molar-refractivity contribution in [3.05, 3.63) is 0 Å². The molecule has 4 unspecified atom stereocenters. The molecule has 0 aromatic heterocycles. The van der Waals surface area contributed by atoms with Crippen molar-refractivity contribution in [3.8, 4) is 0 Å². The highest BCUT2D eigenvalue weighted by Crippen LogP contribution is 2.32. The summed E-state index contributed by atoms with van der Waals surface area (Å²) in [6, 6.07) is 0. The summed E-state index contributed by atoms with van der Waals surface area (Å²) in [5, 5.41) is 9.14. The molecule has 0 radical (unpaired) electrons. The lowest BCUT2D eigenvalue weighted by atomic mass is 9.94. The normalized spacial score (nSPS) is 31.9. The van der Waals surface area contributed by atoms with E-state index in [1.165, 1.54) is 0 Å². The van der Waals surface area contributed by atoms with Gasteiger partial charge in [0, 0.05) is 7.11 Å². The van der Waals surface area contributed by atoms with Gasteiger partial charge in [-0.3, -0.25) is 4.79 Å². The van der Waals surface area contributed by atoms with Gasteiger partial charge in [0.25, 0.3) is 0 Å². The zero-order valence-corrected chi connectivity index (χ0v) is 10.5. The third-order valence-corrected chi connectivity index (χ3v) is 3.15. The highest BCUT2D eigenvalue weighted by Gasteiger charge is 2.42. The molecule has 94 valence electrons. The predicted octanol–water partition coefficient (Wildman–Crippen LogP) is 1.93. The molecule has 1 fully saturated rings. The molecule has 4 heteroatoms.